The molecule has 1 aromatic rings. The molecular formula is C15H19NO2. The lowest BCUT2D eigenvalue weighted by molar-refractivity contribution is -0.143. The quantitative estimate of drug-likeness (QED) is 0.832. The first-order valence-corrected chi connectivity index (χ1v) is 6.27. The van der Waals surface area contributed by atoms with Crippen LogP contribution in [-0.4, -0.2) is 29.1 Å². The molecule has 0 amide bonds. The number of nitrogens with zero attached hydrogens (tertiary/aromatic N) is 1. The molecule has 0 aliphatic carbocycles. The summed E-state index contributed by atoms with van der Waals surface area (Å²) in [6, 6.07) is 7.35. The van der Waals surface area contributed by atoms with Gasteiger partial charge in [0.1, 0.15) is 6.04 Å². The second-order valence-electron chi connectivity index (χ2n) is 4.97. The Bertz CT molecular complexity index is 475. The molecule has 3 heteroatoms. The fourth-order valence-electron chi connectivity index (χ4n) is 2.40. The molecule has 1 aliphatic heterocycles. The Morgan fingerprint density at radius 3 is 2.83 bits per heavy atom. The summed E-state index contributed by atoms with van der Waals surface area (Å²) < 4.78 is 0. The predicted molar refractivity (Wildman–Crippen MR) is 71.5 cm³/mol. The Balaban J connectivity index is 2.30. The molecule has 0 bridgehead atoms. The highest BCUT2D eigenvalue weighted by atomic mass is 16.4. The molecule has 3 nitrogen and oxygen atoms in total. The number of rotatable bonds is 3. The van der Waals surface area contributed by atoms with Gasteiger partial charge in [0.15, 0.2) is 0 Å². The molecule has 1 aromatic carbocycles. The van der Waals surface area contributed by atoms with Gasteiger partial charge in [-0.25, -0.2) is 0 Å². The van der Waals surface area contributed by atoms with E-state index < -0.39 is 12.0 Å². The minimum Gasteiger partial charge on any atom is -0.480 e. The number of allylic oxidation sites excluding steroid dienone is 1. The van der Waals surface area contributed by atoms with Crippen molar-refractivity contribution in [2.75, 3.05) is 13.1 Å². The number of carboxylic acids is 1. The van der Waals surface area contributed by atoms with Crippen LogP contribution in [0.1, 0.15) is 31.0 Å². The molecule has 2 rings (SSSR count). The predicted octanol–water partition coefficient (Wildman–Crippen LogP) is 2.64. The normalized spacial score (nSPS) is 19.1. The first kappa shape index (κ1) is 12.8. The summed E-state index contributed by atoms with van der Waals surface area (Å²) >= 11 is 0. The van der Waals surface area contributed by atoms with E-state index in [1.807, 2.05) is 43.0 Å². The average Bonchev–Trinajstić information content (AvgIpc) is 2.35. The van der Waals surface area contributed by atoms with Crippen LogP contribution in [0.3, 0.4) is 0 Å². The maximum atomic E-state index is 11.5. The maximum Gasteiger partial charge on any atom is 0.325 e. The van der Waals surface area contributed by atoms with Crippen molar-refractivity contribution >= 4 is 5.97 Å². The van der Waals surface area contributed by atoms with Crippen molar-refractivity contribution in [3.8, 4) is 0 Å². The van der Waals surface area contributed by atoms with Crippen LogP contribution in [0.5, 0.6) is 0 Å². The van der Waals surface area contributed by atoms with Crippen LogP contribution in [0, 0.1) is 0 Å². The van der Waals surface area contributed by atoms with Gasteiger partial charge in [-0.1, -0.05) is 35.9 Å². The molecule has 1 unspecified atom stereocenters. The van der Waals surface area contributed by atoms with Gasteiger partial charge in [0.05, 0.1) is 0 Å². The van der Waals surface area contributed by atoms with Crippen molar-refractivity contribution in [1.29, 1.82) is 0 Å². The lowest BCUT2D eigenvalue weighted by atomic mass is 9.92. The summed E-state index contributed by atoms with van der Waals surface area (Å²) in [5.41, 5.74) is 3.33. The number of hydrogen-bond acceptors (Lipinski definition) is 2. The minimum atomic E-state index is -0.760. The summed E-state index contributed by atoms with van der Waals surface area (Å²) in [6.45, 7) is 5.58. The number of hydrogen-bond donors (Lipinski definition) is 1. The zero-order valence-electron chi connectivity index (χ0n) is 10.9. The molecule has 0 fully saturated rings. The highest BCUT2D eigenvalue weighted by molar-refractivity contribution is 5.76. The van der Waals surface area contributed by atoms with Gasteiger partial charge in [-0.15, -0.1) is 0 Å². The van der Waals surface area contributed by atoms with Gasteiger partial charge in [0.2, 0.25) is 0 Å². The van der Waals surface area contributed by atoms with Gasteiger partial charge in [0, 0.05) is 13.1 Å². The SMILES string of the molecule is CC(C)=CCN1CCc2ccccc2C1C(=O)O. The Labute approximate surface area is 108 Å². The molecule has 0 radical (unpaired) electrons. The Morgan fingerprint density at radius 1 is 1.44 bits per heavy atom. The molecule has 0 saturated heterocycles. The summed E-state index contributed by atoms with van der Waals surface area (Å²) in [7, 11) is 0. The van der Waals surface area contributed by atoms with E-state index in [0.29, 0.717) is 6.54 Å². The van der Waals surface area contributed by atoms with E-state index in [1.54, 1.807) is 0 Å². The van der Waals surface area contributed by atoms with E-state index in [-0.39, 0.29) is 0 Å². The highest BCUT2D eigenvalue weighted by Gasteiger charge is 2.31. The van der Waals surface area contributed by atoms with Crippen LogP contribution in [-0.2, 0) is 11.2 Å². The zero-order chi connectivity index (χ0) is 13.1. The second-order valence-corrected chi connectivity index (χ2v) is 4.97. The lowest BCUT2D eigenvalue weighted by Crippen LogP contribution is -2.39. The Kier molecular flexibility index (Phi) is 3.82. The molecule has 1 heterocycles. The third kappa shape index (κ3) is 2.62. The summed E-state index contributed by atoms with van der Waals surface area (Å²) in [4.78, 5) is 13.5. The monoisotopic (exact) mass is 245 g/mol. The van der Waals surface area contributed by atoms with Crippen molar-refractivity contribution in [1.82, 2.24) is 4.90 Å². The number of carbonyl (C=O) groups is 1. The van der Waals surface area contributed by atoms with Crippen LogP contribution in [0.25, 0.3) is 0 Å². The number of benzene rings is 1. The third-order valence-electron chi connectivity index (χ3n) is 3.35. The number of carboxylic acid groups (broad SMARTS) is 1. The zero-order valence-corrected chi connectivity index (χ0v) is 10.9. The van der Waals surface area contributed by atoms with Crippen molar-refractivity contribution in [2.45, 2.75) is 26.3 Å². The van der Waals surface area contributed by atoms with Crippen LogP contribution < -0.4 is 0 Å². The van der Waals surface area contributed by atoms with E-state index in [2.05, 4.69) is 6.08 Å². The van der Waals surface area contributed by atoms with E-state index in [1.165, 1.54) is 11.1 Å². The average molecular weight is 245 g/mol. The minimum absolute atomic E-state index is 0.509. The van der Waals surface area contributed by atoms with Crippen molar-refractivity contribution in [3.05, 3.63) is 47.0 Å². The fourth-order valence-corrected chi connectivity index (χ4v) is 2.40. The third-order valence-corrected chi connectivity index (χ3v) is 3.35. The lowest BCUT2D eigenvalue weighted by Gasteiger charge is -2.34. The van der Waals surface area contributed by atoms with Gasteiger partial charge in [-0.3, -0.25) is 9.69 Å². The van der Waals surface area contributed by atoms with E-state index in [0.717, 1.165) is 18.5 Å². The van der Waals surface area contributed by atoms with Gasteiger partial charge < -0.3 is 5.11 Å². The largest absolute Gasteiger partial charge is 0.480 e. The van der Waals surface area contributed by atoms with Gasteiger partial charge in [0.25, 0.3) is 0 Å². The molecule has 18 heavy (non-hydrogen) atoms. The molecule has 1 aliphatic rings. The number of fused-ring (bicyclic) bond motifs is 1. The Hall–Kier alpha value is -1.61. The fraction of sp³-hybridized carbons (Fsp3) is 0.400. The van der Waals surface area contributed by atoms with Gasteiger partial charge in [-0.2, -0.15) is 0 Å². The summed E-state index contributed by atoms with van der Waals surface area (Å²) in [5, 5.41) is 9.46. The first-order valence-electron chi connectivity index (χ1n) is 6.27. The number of aliphatic carboxylic acids is 1. The maximum absolute atomic E-state index is 11.5. The van der Waals surface area contributed by atoms with Crippen LogP contribution >= 0.6 is 0 Å². The van der Waals surface area contributed by atoms with Crippen molar-refractivity contribution < 1.29 is 9.90 Å². The van der Waals surface area contributed by atoms with E-state index in [9.17, 15) is 9.90 Å². The topological polar surface area (TPSA) is 40.5 Å². The standard InChI is InChI=1S/C15H19NO2/c1-11(2)7-9-16-10-8-12-5-3-4-6-13(12)14(16)15(17)18/h3-7,14H,8-10H2,1-2H3,(H,17,18). The summed E-state index contributed by atoms with van der Waals surface area (Å²) in [6.07, 6.45) is 3.01. The molecule has 1 atom stereocenters. The Morgan fingerprint density at radius 2 is 2.17 bits per heavy atom. The van der Waals surface area contributed by atoms with Crippen molar-refractivity contribution in [3.63, 3.8) is 0 Å². The van der Waals surface area contributed by atoms with Crippen molar-refractivity contribution in [2.24, 2.45) is 0 Å². The first-order chi connectivity index (χ1) is 8.59. The molecule has 0 spiro atoms. The van der Waals surface area contributed by atoms with Crippen LogP contribution in [0.15, 0.2) is 35.9 Å². The van der Waals surface area contributed by atoms with Gasteiger partial charge >= 0.3 is 5.97 Å². The molecule has 0 aromatic heterocycles. The second kappa shape index (κ2) is 5.36. The highest BCUT2D eigenvalue weighted by Crippen LogP contribution is 2.29. The molecule has 96 valence electrons. The molecule has 1 N–H and O–H groups in total. The molecular weight excluding hydrogens is 226 g/mol. The van der Waals surface area contributed by atoms with Gasteiger partial charge in [-0.05, 0) is 31.4 Å². The van der Waals surface area contributed by atoms with E-state index in [4.69, 9.17) is 0 Å². The molecule has 0 saturated carbocycles. The van der Waals surface area contributed by atoms with E-state index >= 15 is 0 Å². The van der Waals surface area contributed by atoms with Crippen LogP contribution in [0.2, 0.25) is 0 Å². The summed E-state index contributed by atoms with van der Waals surface area (Å²) in [5.74, 6) is -0.760. The van der Waals surface area contributed by atoms with Crippen LogP contribution in [0.4, 0.5) is 0 Å². The smallest absolute Gasteiger partial charge is 0.325 e.